The number of unbranched alkanes of at least 4 members (excludes halogenated alkanes) is 1. The third kappa shape index (κ3) is 4.75. The van der Waals surface area contributed by atoms with Gasteiger partial charge in [0.05, 0.1) is 12.7 Å². The van der Waals surface area contributed by atoms with Gasteiger partial charge in [-0.3, -0.25) is 4.79 Å². The standard InChI is InChI=1S/C21H28O4/c1-7-8-10-14(3)19(21(24)20(15(4)22)16(5)23)18-13(2)11-9-12-17(18)25-6/h9,11-12,22,24H,3,7-8,10H2,1-2,4-6H3/b20-15+,21-19-. The summed E-state index contributed by atoms with van der Waals surface area (Å²) in [6.45, 7) is 10.8. The quantitative estimate of drug-likeness (QED) is 0.374. The van der Waals surface area contributed by atoms with E-state index in [0.717, 1.165) is 18.4 Å². The van der Waals surface area contributed by atoms with Crippen LogP contribution in [0.1, 0.15) is 51.2 Å². The molecule has 0 fully saturated rings. The highest BCUT2D eigenvalue weighted by Crippen LogP contribution is 2.38. The maximum atomic E-state index is 12.0. The Balaban J connectivity index is 3.79. The van der Waals surface area contributed by atoms with Crippen molar-refractivity contribution in [3.63, 3.8) is 0 Å². The number of allylic oxidation sites excluding steroid dienone is 4. The summed E-state index contributed by atoms with van der Waals surface area (Å²) in [5, 5.41) is 20.8. The topological polar surface area (TPSA) is 66.8 Å². The maximum absolute atomic E-state index is 12.0. The van der Waals surface area contributed by atoms with Crippen LogP contribution < -0.4 is 4.74 Å². The van der Waals surface area contributed by atoms with Crippen molar-refractivity contribution < 1.29 is 19.7 Å². The number of Topliss-reactive ketones (excluding diaryl/α,β-unsaturated/α-hetero) is 1. The van der Waals surface area contributed by atoms with E-state index in [9.17, 15) is 15.0 Å². The molecule has 0 atom stereocenters. The van der Waals surface area contributed by atoms with Gasteiger partial charge in [0.25, 0.3) is 0 Å². The van der Waals surface area contributed by atoms with E-state index in [1.54, 1.807) is 13.2 Å². The Morgan fingerprint density at radius 2 is 1.88 bits per heavy atom. The average Bonchev–Trinajstić information content (AvgIpc) is 2.53. The van der Waals surface area contributed by atoms with E-state index < -0.39 is 5.78 Å². The van der Waals surface area contributed by atoms with Gasteiger partial charge in [0.15, 0.2) is 5.78 Å². The molecule has 1 aromatic rings. The number of hydrogen-bond acceptors (Lipinski definition) is 4. The van der Waals surface area contributed by atoms with Gasteiger partial charge in [0.1, 0.15) is 17.3 Å². The van der Waals surface area contributed by atoms with Gasteiger partial charge in [-0.2, -0.15) is 0 Å². The van der Waals surface area contributed by atoms with Gasteiger partial charge < -0.3 is 14.9 Å². The van der Waals surface area contributed by atoms with Crippen LogP contribution >= 0.6 is 0 Å². The molecule has 0 spiro atoms. The molecule has 0 aliphatic carbocycles. The molecule has 0 radical (unpaired) electrons. The van der Waals surface area contributed by atoms with E-state index in [0.29, 0.717) is 28.9 Å². The van der Waals surface area contributed by atoms with Crippen molar-refractivity contribution in [1.82, 2.24) is 0 Å². The second kappa shape index (κ2) is 9.11. The Labute approximate surface area is 150 Å². The average molecular weight is 344 g/mol. The van der Waals surface area contributed by atoms with Crippen LogP contribution in [-0.2, 0) is 4.79 Å². The van der Waals surface area contributed by atoms with E-state index in [-0.39, 0.29) is 17.1 Å². The lowest BCUT2D eigenvalue weighted by Crippen LogP contribution is -2.08. The van der Waals surface area contributed by atoms with Crippen molar-refractivity contribution >= 4 is 11.4 Å². The second-order valence-electron chi connectivity index (χ2n) is 6.10. The molecule has 136 valence electrons. The number of aliphatic hydroxyl groups excluding tert-OH is 2. The van der Waals surface area contributed by atoms with Gasteiger partial charge in [-0.05, 0) is 50.8 Å². The molecule has 0 aromatic heterocycles. The third-order valence-electron chi connectivity index (χ3n) is 4.08. The molecule has 0 aliphatic rings. The molecule has 0 aliphatic heterocycles. The SMILES string of the molecule is C=C(CCCC)/C(=C(O)\C(C(C)=O)=C(/C)O)c1c(C)cccc1OC. The fourth-order valence-electron chi connectivity index (χ4n) is 2.83. The number of aliphatic hydroxyl groups is 2. The molecule has 0 amide bonds. The largest absolute Gasteiger partial charge is 0.512 e. The predicted molar refractivity (Wildman–Crippen MR) is 102 cm³/mol. The van der Waals surface area contributed by atoms with Crippen LogP contribution in [0, 0.1) is 6.92 Å². The Bertz CT molecular complexity index is 719. The van der Waals surface area contributed by atoms with E-state index in [1.807, 2.05) is 19.1 Å². The minimum atomic E-state index is -0.411. The summed E-state index contributed by atoms with van der Waals surface area (Å²) < 4.78 is 5.46. The number of rotatable bonds is 8. The van der Waals surface area contributed by atoms with Crippen LogP contribution in [0.3, 0.4) is 0 Å². The van der Waals surface area contributed by atoms with E-state index in [1.165, 1.54) is 13.8 Å². The lowest BCUT2D eigenvalue weighted by atomic mass is 9.88. The molecule has 0 saturated carbocycles. The number of ether oxygens (including phenoxy) is 1. The van der Waals surface area contributed by atoms with Crippen LogP contribution in [0.4, 0.5) is 0 Å². The minimum absolute atomic E-state index is 0.0991. The van der Waals surface area contributed by atoms with Crippen LogP contribution in [-0.4, -0.2) is 23.1 Å². The van der Waals surface area contributed by atoms with Crippen LogP contribution in [0.2, 0.25) is 0 Å². The summed E-state index contributed by atoms with van der Waals surface area (Å²) in [5.41, 5.74) is 2.62. The van der Waals surface area contributed by atoms with E-state index in [4.69, 9.17) is 4.74 Å². The molecule has 1 rings (SSSR count). The first kappa shape index (κ1) is 20.6. The van der Waals surface area contributed by atoms with Gasteiger partial charge in [0.2, 0.25) is 0 Å². The van der Waals surface area contributed by atoms with Crippen molar-refractivity contribution in [2.45, 2.75) is 47.0 Å². The van der Waals surface area contributed by atoms with Crippen molar-refractivity contribution in [2.24, 2.45) is 0 Å². The van der Waals surface area contributed by atoms with E-state index in [2.05, 4.69) is 13.5 Å². The molecule has 0 unspecified atom stereocenters. The van der Waals surface area contributed by atoms with Crippen molar-refractivity contribution in [2.75, 3.05) is 7.11 Å². The lowest BCUT2D eigenvalue weighted by molar-refractivity contribution is -0.113. The van der Waals surface area contributed by atoms with Gasteiger partial charge in [-0.25, -0.2) is 0 Å². The van der Waals surface area contributed by atoms with Crippen LogP contribution in [0.25, 0.3) is 5.57 Å². The summed E-state index contributed by atoms with van der Waals surface area (Å²) >= 11 is 0. The number of methoxy groups -OCH3 is 1. The number of ketones is 1. The highest BCUT2D eigenvalue weighted by Gasteiger charge is 2.24. The van der Waals surface area contributed by atoms with E-state index >= 15 is 0 Å². The number of carbonyl (C=O) groups is 1. The molecule has 2 N–H and O–H groups in total. The summed E-state index contributed by atoms with van der Waals surface area (Å²) in [6.07, 6.45) is 2.55. The molecule has 1 aromatic carbocycles. The van der Waals surface area contributed by atoms with Crippen LogP contribution in [0.15, 0.2) is 47.4 Å². The van der Waals surface area contributed by atoms with Crippen molar-refractivity contribution in [3.05, 3.63) is 58.6 Å². The normalized spacial score (nSPS) is 13.0. The lowest BCUT2D eigenvalue weighted by Gasteiger charge is -2.20. The van der Waals surface area contributed by atoms with Gasteiger partial charge in [-0.1, -0.05) is 32.1 Å². The molecule has 0 bridgehead atoms. The van der Waals surface area contributed by atoms with Gasteiger partial charge in [0, 0.05) is 11.1 Å². The first-order valence-electron chi connectivity index (χ1n) is 8.42. The summed E-state index contributed by atoms with van der Waals surface area (Å²) in [7, 11) is 1.56. The highest BCUT2D eigenvalue weighted by atomic mass is 16.5. The maximum Gasteiger partial charge on any atom is 0.166 e. The fraction of sp³-hybridized carbons (Fsp3) is 0.381. The first-order valence-corrected chi connectivity index (χ1v) is 8.42. The molecular formula is C21H28O4. The molecule has 0 heterocycles. The zero-order chi connectivity index (χ0) is 19.1. The number of aryl methyl sites for hydroxylation is 1. The second-order valence-corrected chi connectivity index (χ2v) is 6.10. The third-order valence-corrected chi connectivity index (χ3v) is 4.08. The molecule has 0 saturated heterocycles. The molecule has 25 heavy (non-hydrogen) atoms. The fourth-order valence-corrected chi connectivity index (χ4v) is 2.83. The smallest absolute Gasteiger partial charge is 0.166 e. The zero-order valence-electron chi connectivity index (χ0n) is 15.8. The van der Waals surface area contributed by atoms with Crippen molar-refractivity contribution in [3.8, 4) is 5.75 Å². The Hall–Kier alpha value is -2.49. The number of benzene rings is 1. The Kier molecular flexibility index (Phi) is 7.49. The molecule has 4 heteroatoms. The summed E-state index contributed by atoms with van der Waals surface area (Å²) in [5.74, 6) is -0.317. The highest BCUT2D eigenvalue weighted by molar-refractivity contribution is 6.01. The summed E-state index contributed by atoms with van der Waals surface area (Å²) in [4.78, 5) is 12.0. The Morgan fingerprint density at radius 3 is 2.36 bits per heavy atom. The van der Waals surface area contributed by atoms with Gasteiger partial charge in [-0.15, -0.1) is 0 Å². The predicted octanol–water partition coefficient (Wildman–Crippen LogP) is 5.44. The molecular weight excluding hydrogens is 316 g/mol. The monoisotopic (exact) mass is 344 g/mol. The minimum Gasteiger partial charge on any atom is -0.512 e. The van der Waals surface area contributed by atoms with Crippen molar-refractivity contribution in [1.29, 1.82) is 0 Å². The summed E-state index contributed by atoms with van der Waals surface area (Å²) in [6, 6.07) is 5.56. The number of hydrogen-bond donors (Lipinski definition) is 2. The number of carbonyl (C=O) groups excluding carboxylic acids is 1. The first-order chi connectivity index (χ1) is 11.8. The van der Waals surface area contributed by atoms with Crippen LogP contribution in [0.5, 0.6) is 5.75 Å². The van der Waals surface area contributed by atoms with Gasteiger partial charge >= 0.3 is 0 Å². The Morgan fingerprint density at radius 1 is 1.24 bits per heavy atom. The molecule has 4 nitrogen and oxygen atoms in total. The zero-order valence-corrected chi connectivity index (χ0v) is 15.8.